The quantitative estimate of drug-likeness (QED) is 0.771. The fraction of sp³-hybridized carbons (Fsp3) is 1.00. The Hall–Kier alpha value is -0.120. The number of ether oxygens (including phenoxy) is 1. The van der Waals surface area contributed by atoms with E-state index in [4.69, 9.17) is 10.5 Å². The summed E-state index contributed by atoms with van der Waals surface area (Å²) >= 11 is 0. The van der Waals surface area contributed by atoms with Gasteiger partial charge in [-0.25, -0.2) is 0 Å². The first-order valence-corrected chi connectivity index (χ1v) is 7.31. The molecule has 0 aromatic carbocycles. The zero-order valence-electron chi connectivity index (χ0n) is 11.2. The van der Waals surface area contributed by atoms with Crippen molar-refractivity contribution >= 4 is 0 Å². The van der Waals surface area contributed by atoms with Crippen LogP contribution in [0.5, 0.6) is 0 Å². The maximum absolute atomic E-state index is 5.88. The summed E-state index contributed by atoms with van der Waals surface area (Å²) in [5, 5.41) is 3.74. The van der Waals surface area contributed by atoms with Crippen molar-refractivity contribution in [2.45, 2.75) is 57.1 Å². The van der Waals surface area contributed by atoms with Crippen LogP contribution in [0.15, 0.2) is 0 Å². The maximum atomic E-state index is 5.88. The van der Waals surface area contributed by atoms with Gasteiger partial charge in [0.1, 0.15) is 0 Å². The summed E-state index contributed by atoms with van der Waals surface area (Å²) in [6.45, 7) is 2.01. The maximum Gasteiger partial charge on any atom is 0.0724 e. The largest absolute Gasteiger partial charge is 0.380 e. The molecule has 0 heterocycles. The number of rotatable bonds is 5. The van der Waals surface area contributed by atoms with Gasteiger partial charge in [-0.2, -0.15) is 0 Å². The van der Waals surface area contributed by atoms with E-state index in [-0.39, 0.29) is 0 Å². The zero-order valence-corrected chi connectivity index (χ0v) is 11.2. The highest BCUT2D eigenvalue weighted by molar-refractivity contribution is 4.86. The van der Waals surface area contributed by atoms with Crippen molar-refractivity contribution in [2.75, 3.05) is 20.2 Å². The van der Waals surface area contributed by atoms with Crippen LogP contribution in [0.1, 0.15) is 44.9 Å². The van der Waals surface area contributed by atoms with Gasteiger partial charge in [-0.3, -0.25) is 0 Å². The molecule has 0 spiro atoms. The summed E-state index contributed by atoms with van der Waals surface area (Å²) in [6.07, 6.45) is 9.71. The lowest BCUT2D eigenvalue weighted by atomic mass is 9.79. The molecule has 4 atom stereocenters. The molecule has 100 valence electrons. The average molecular weight is 240 g/mol. The van der Waals surface area contributed by atoms with Crippen molar-refractivity contribution in [1.29, 1.82) is 0 Å². The standard InChI is InChI=1S/C14H28N2O/c1-17-14-8-4-7-13(14)16-10-12-6-3-2-5-11(12)9-15/h11-14,16H,2-10,15H2,1H3. The summed E-state index contributed by atoms with van der Waals surface area (Å²) in [6, 6.07) is 0.584. The Morgan fingerprint density at radius 1 is 1.06 bits per heavy atom. The Morgan fingerprint density at radius 3 is 2.53 bits per heavy atom. The first-order chi connectivity index (χ1) is 8.35. The summed E-state index contributed by atoms with van der Waals surface area (Å²) < 4.78 is 5.53. The highest BCUT2D eigenvalue weighted by Crippen LogP contribution is 2.29. The molecule has 0 saturated heterocycles. The fourth-order valence-electron chi connectivity index (χ4n) is 3.61. The Kier molecular flexibility index (Phi) is 5.26. The van der Waals surface area contributed by atoms with E-state index in [1.165, 1.54) is 44.9 Å². The van der Waals surface area contributed by atoms with Gasteiger partial charge in [0.2, 0.25) is 0 Å². The molecule has 0 aromatic heterocycles. The van der Waals surface area contributed by atoms with Gasteiger partial charge >= 0.3 is 0 Å². The molecule has 2 fully saturated rings. The minimum Gasteiger partial charge on any atom is -0.380 e. The van der Waals surface area contributed by atoms with Gasteiger partial charge in [0.25, 0.3) is 0 Å². The predicted molar refractivity (Wildman–Crippen MR) is 70.9 cm³/mol. The Balaban J connectivity index is 1.76. The van der Waals surface area contributed by atoms with E-state index in [1.807, 2.05) is 7.11 Å². The Bertz CT molecular complexity index is 222. The number of methoxy groups -OCH3 is 1. The van der Waals surface area contributed by atoms with Crippen LogP contribution in [0.2, 0.25) is 0 Å². The monoisotopic (exact) mass is 240 g/mol. The number of nitrogens with two attached hydrogens (primary N) is 1. The summed E-state index contributed by atoms with van der Waals surface area (Å²) in [5.41, 5.74) is 5.88. The zero-order chi connectivity index (χ0) is 12.1. The molecule has 0 aromatic rings. The van der Waals surface area contributed by atoms with Gasteiger partial charge in [0.05, 0.1) is 6.10 Å². The molecule has 3 heteroatoms. The van der Waals surface area contributed by atoms with Crippen LogP contribution in [-0.2, 0) is 4.74 Å². The topological polar surface area (TPSA) is 47.3 Å². The average Bonchev–Trinajstić information content (AvgIpc) is 2.84. The number of hydrogen-bond donors (Lipinski definition) is 2. The van der Waals surface area contributed by atoms with Crippen LogP contribution in [-0.4, -0.2) is 32.3 Å². The second-order valence-corrected chi connectivity index (χ2v) is 5.76. The van der Waals surface area contributed by atoms with Crippen molar-refractivity contribution in [3.63, 3.8) is 0 Å². The van der Waals surface area contributed by atoms with E-state index in [2.05, 4.69) is 5.32 Å². The molecule has 3 N–H and O–H groups in total. The summed E-state index contributed by atoms with van der Waals surface area (Å²) in [7, 11) is 1.84. The fourth-order valence-corrected chi connectivity index (χ4v) is 3.61. The van der Waals surface area contributed by atoms with E-state index < -0.39 is 0 Å². The Morgan fingerprint density at radius 2 is 1.82 bits per heavy atom. The second kappa shape index (κ2) is 6.72. The molecule has 0 amide bonds. The lowest BCUT2D eigenvalue weighted by Crippen LogP contribution is -2.42. The third kappa shape index (κ3) is 3.43. The highest BCUT2D eigenvalue weighted by Gasteiger charge is 2.29. The SMILES string of the molecule is COC1CCCC1NCC1CCCCC1CN. The Labute approximate surface area is 105 Å². The molecular formula is C14H28N2O. The van der Waals surface area contributed by atoms with Gasteiger partial charge < -0.3 is 15.8 Å². The van der Waals surface area contributed by atoms with Gasteiger partial charge in [0, 0.05) is 13.2 Å². The van der Waals surface area contributed by atoms with Gasteiger partial charge in [-0.05, 0) is 57.0 Å². The first-order valence-electron chi connectivity index (χ1n) is 7.31. The second-order valence-electron chi connectivity index (χ2n) is 5.76. The summed E-state index contributed by atoms with van der Waals surface area (Å²) in [4.78, 5) is 0. The van der Waals surface area contributed by atoms with Crippen LogP contribution >= 0.6 is 0 Å². The van der Waals surface area contributed by atoms with Crippen LogP contribution in [0.25, 0.3) is 0 Å². The number of hydrogen-bond acceptors (Lipinski definition) is 3. The van der Waals surface area contributed by atoms with Crippen LogP contribution in [0.3, 0.4) is 0 Å². The van der Waals surface area contributed by atoms with Crippen LogP contribution in [0, 0.1) is 11.8 Å². The van der Waals surface area contributed by atoms with Crippen LogP contribution in [0.4, 0.5) is 0 Å². The summed E-state index contributed by atoms with van der Waals surface area (Å²) in [5.74, 6) is 1.55. The minimum atomic E-state index is 0.440. The molecule has 0 radical (unpaired) electrons. The van der Waals surface area contributed by atoms with E-state index in [0.29, 0.717) is 12.1 Å². The number of nitrogens with one attached hydrogen (secondary N) is 1. The van der Waals surface area contributed by atoms with Gasteiger partial charge in [-0.1, -0.05) is 12.8 Å². The molecular weight excluding hydrogens is 212 g/mol. The molecule has 2 aliphatic rings. The van der Waals surface area contributed by atoms with E-state index in [9.17, 15) is 0 Å². The molecule has 4 unspecified atom stereocenters. The molecule has 2 rings (SSSR count). The van der Waals surface area contributed by atoms with E-state index >= 15 is 0 Å². The van der Waals surface area contributed by atoms with Crippen molar-refractivity contribution in [2.24, 2.45) is 17.6 Å². The molecule has 3 nitrogen and oxygen atoms in total. The predicted octanol–water partition coefficient (Wildman–Crippen LogP) is 1.91. The van der Waals surface area contributed by atoms with Crippen molar-refractivity contribution in [3.05, 3.63) is 0 Å². The lowest BCUT2D eigenvalue weighted by Gasteiger charge is -2.32. The molecule has 2 aliphatic carbocycles. The third-order valence-corrected chi connectivity index (χ3v) is 4.77. The van der Waals surface area contributed by atoms with Crippen molar-refractivity contribution in [3.8, 4) is 0 Å². The van der Waals surface area contributed by atoms with Crippen molar-refractivity contribution in [1.82, 2.24) is 5.32 Å². The van der Waals surface area contributed by atoms with Crippen molar-refractivity contribution < 1.29 is 4.74 Å². The van der Waals surface area contributed by atoms with Gasteiger partial charge in [-0.15, -0.1) is 0 Å². The molecule has 17 heavy (non-hydrogen) atoms. The lowest BCUT2D eigenvalue weighted by molar-refractivity contribution is 0.0812. The highest BCUT2D eigenvalue weighted by atomic mass is 16.5. The molecule has 2 saturated carbocycles. The first kappa shape index (κ1) is 13.3. The van der Waals surface area contributed by atoms with Crippen LogP contribution < -0.4 is 11.1 Å². The van der Waals surface area contributed by atoms with E-state index in [0.717, 1.165) is 24.9 Å². The van der Waals surface area contributed by atoms with E-state index in [1.54, 1.807) is 0 Å². The van der Waals surface area contributed by atoms with Gasteiger partial charge in [0.15, 0.2) is 0 Å². The normalized spacial score (nSPS) is 38.5. The molecule has 0 bridgehead atoms. The smallest absolute Gasteiger partial charge is 0.0724 e. The molecule has 0 aliphatic heterocycles. The third-order valence-electron chi connectivity index (χ3n) is 4.77. The minimum absolute atomic E-state index is 0.440.